The van der Waals surface area contributed by atoms with E-state index in [-0.39, 0.29) is 0 Å². The van der Waals surface area contributed by atoms with Gasteiger partial charge in [0, 0.05) is 6.04 Å². The topological polar surface area (TPSA) is 21.3 Å². The van der Waals surface area contributed by atoms with Gasteiger partial charge in [0.25, 0.3) is 0 Å². The van der Waals surface area contributed by atoms with Crippen molar-refractivity contribution in [3.05, 3.63) is 65.7 Å². The third-order valence-electron chi connectivity index (χ3n) is 3.78. The maximum atomic E-state index is 5.27. The summed E-state index contributed by atoms with van der Waals surface area (Å²) in [5.74, 6) is 0.922. The fraction of sp³-hybridized carbons (Fsp3) is 0.368. The van der Waals surface area contributed by atoms with E-state index in [1.54, 1.807) is 7.11 Å². The van der Waals surface area contributed by atoms with Gasteiger partial charge >= 0.3 is 0 Å². The fourth-order valence-electron chi connectivity index (χ4n) is 2.45. The van der Waals surface area contributed by atoms with Crippen LogP contribution in [0.25, 0.3) is 0 Å². The van der Waals surface area contributed by atoms with Crippen LogP contribution in [0.1, 0.15) is 36.9 Å². The Balaban J connectivity index is 1.68. The molecular formula is C19H25NO. The van der Waals surface area contributed by atoms with Gasteiger partial charge in [0.1, 0.15) is 5.75 Å². The van der Waals surface area contributed by atoms with Crippen molar-refractivity contribution < 1.29 is 4.74 Å². The molecule has 0 aliphatic rings. The van der Waals surface area contributed by atoms with Gasteiger partial charge in [-0.05, 0) is 56.0 Å². The molecule has 0 heterocycles. The minimum absolute atomic E-state index is 0.358. The molecule has 0 amide bonds. The van der Waals surface area contributed by atoms with Crippen LogP contribution < -0.4 is 10.1 Å². The molecule has 1 N–H and O–H groups in total. The first-order valence-corrected chi connectivity index (χ1v) is 7.71. The van der Waals surface area contributed by atoms with Crippen molar-refractivity contribution in [3.63, 3.8) is 0 Å². The summed E-state index contributed by atoms with van der Waals surface area (Å²) >= 11 is 0. The maximum Gasteiger partial charge on any atom is 0.119 e. The number of ether oxygens (including phenoxy) is 1. The van der Waals surface area contributed by atoms with Crippen molar-refractivity contribution >= 4 is 0 Å². The maximum absolute atomic E-state index is 5.27. The predicted octanol–water partition coefficient (Wildman–Crippen LogP) is 4.37. The highest BCUT2D eigenvalue weighted by molar-refractivity contribution is 5.30. The summed E-state index contributed by atoms with van der Waals surface area (Å²) in [5.41, 5.74) is 2.70. The van der Waals surface area contributed by atoms with Crippen LogP contribution in [-0.4, -0.2) is 13.7 Å². The molecule has 21 heavy (non-hydrogen) atoms. The van der Waals surface area contributed by atoms with Crippen molar-refractivity contribution in [2.75, 3.05) is 13.7 Å². The van der Waals surface area contributed by atoms with E-state index in [4.69, 9.17) is 4.74 Å². The second-order valence-corrected chi connectivity index (χ2v) is 5.40. The number of methoxy groups -OCH3 is 1. The van der Waals surface area contributed by atoms with Crippen LogP contribution in [0, 0.1) is 0 Å². The lowest BCUT2D eigenvalue weighted by atomic mass is 10.1. The second-order valence-electron chi connectivity index (χ2n) is 5.40. The number of hydrogen-bond acceptors (Lipinski definition) is 2. The Kier molecular flexibility index (Phi) is 6.29. The Bertz CT molecular complexity index is 524. The Hall–Kier alpha value is -1.80. The Labute approximate surface area is 128 Å². The van der Waals surface area contributed by atoms with Crippen LogP contribution in [0.2, 0.25) is 0 Å². The molecule has 2 aromatic carbocycles. The zero-order chi connectivity index (χ0) is 14.9. The van der Waals surface area contributed by atoms with E-state index in [2.05, 4.69) is 54.7 Å². The van der Waals surface area contributed by atoms with Gasteiger partial charge in [0.2, 0.25) is 0 Å². The van der Waals surface area contributed by atoms with Crippen molar-refractivity contribution in [1.82, 2.24) is 5.32 Å². The molecule has 2 aromatic rings. The summed E-state index contributed by atoms with van der Waals surface area (Å²) in [6, 6.07) is 19.3. The monoisotopic (exact) mass is 283 g/mol. The fourth-order valence-corrected chi connectivity index (χ4v) is 2.45. The van der Waals surface area contributed by atoms with E-state index in [9.17, 15) is 0 Å². The summed E-state index contributed by atoms with van der Waals surface area (Å²) in [7, 11) is 1.71. The molecule has 112 valence electrons. The van der Waals surface area contributed by atoms with Gasteiger partial charge in [-0.25, -0.2) is 0 Å². The number of benzene rings is 2. The number of nitrogens with one attached hydrogen (secondary N) is 1. The average Bonchev–Trinajstić information content (AvgIpc) is 2.55. The van der Waals surface area contributed by atoms with Gasteiger partial charge in [-0.3, -0.25) is 0 Å². The molecule has 0 saturated heterocycles. The lowest BCUT2D eigenvalue weighted by Crippen LogP contribution is -2.19. The van der Waals surface area contributed by atoms with Crippen LogP contribution in [0.5, 0.6) is 5.75 Å². The van der Waals surface area contributed by atoms with E-state index in [0.717, 1.165) is 18.7 Å². The molecule has 0 aliphatic heterocycles. The molecule has 0 aromatic heterocycles. The van der Waals surface area contributed by atoms with E-state index in [1.165, 1.54) is 24.0 Å². The highest BCUT2D eigenvalue weighted by atomic mass is 16.5. The first kappa shape index (κ1) is 15.6. The highest BCUT2D eigenvalue weighted by Crippen LogP contribution is 2.18. The molecule has 0 saturated carbocycles. The van der Waals surface area contributed by atoms with Gasteiger partial charge < -0.3 is 10.1 Å². The standard InChI is InChI=1S/C19H25NO/c1-16(18-12-8-13-19(15-18)21-2)20-14-7-6-11-17-9-4-3-5-10-17/h3-5,8-10,12-13,15-16,20H,6-7,11,14H2,1-2H3/t16-/m1/s1. The lowest BCUT2D eigenvalue weighted by molar-refractivity contribution is 0.413. The zero-order valence-electron chi connectivity index (χ0n) is 13.0. The summed E-state index contributed by atoms with van der Waals surface area (Å²) < 4.78 is 5.27. The van der Waals surface area contributed by atoms with Crippen LogP contribution in [0.15, 0.2) is 54.6 Å². The molecule has 2 rings (SSSR count). The molecule has 0 fully saturated rings. The third-order valence-corrected chi connectivity index (χ3v) is 3.78. The van der Waals surface area contributed by atoms with Crippen molar-refractivity contribution in [2.24, 2.45) is 0 Å². The molecule has 0 radical (unpaired) electrons. The van der Waals surface area contributed by atoms with Gasteiger partial charge in [0.05, 0.1) is 7.11 Å². The normalized spacial score (nSPS) is 12.1. The minimum Gasteiger partial charge on any atom is -0.497 e. The summed E-state index contributed by atoms with van der Waals surface area (Å²) in [6.07, 6.45) is 3.58. The van der Waals surface area contributed by atoms with Crippen LogP contribution in [0.3, 0.4) is 0 Å². The van der Waals surface area contributed by atoms with Crippen LogP contribution in [-0.2, 0) is 6.42 Å². The van der Waals surface area contributed by atoms with Crippen LogP contribution in [0.4, 0.5) is 0 Å². The largest absolute Gasteiger partial charge is 0.497 e. The van der Waals surface area contributed by atoms with Gasteiger partial charge in [-0.1, -0.05) is 42.5 Å². The number of rotatable bonds is 8. The predicted molar refractivity (Wildman–Crippen MR) is 88.8 cm³/mol. The third kappa shape index (κ3) is 5.24. The Morgan fingerprint density at radius 2 is 1.81 bits per heavy atom. The molecule has 0 aliphatic carbocycles. The lowest BCUT2D eigenvalue weighted by Gasteiger charge is -2.15. The van der Waals surface area contributed by atoms with E-state index >= 15 is 0 Å². The number of hydrogen-bond donors (Lipinski definition) is 1. The molecular weight excluding hydrogens is 258 g/mol. The van der Waals surface area contributed by atoms with E-state index in [1.807, 2.05) is 12.1 Å². The van der Waals surface area contributed by atoms with Gasteiger partial charge in [-0.15, -0.1) is 0 Å². The molecule has 2 heteroatoms. The Morgan fingerprint density at radius 3 is 2.57 bits per heavy atom. The summed E-state index contributed by atoms with van der Waals surface area (Å²) in [4.78, 5) is 0. The summed E-state index contributed by atoms with van der Waals surface area (Å²) in [5, 5.41) is 3.58. The van der Waals surface area contributed by atoms with E-state index in [0.29, 0.717) is 6.04 Å². The first-order valence-electron chi connectivity index (χ1n) is 7.71. The zero-order valence-corrected chi connectivity index (χ0v) is 13.0. The smallest absolute Gasteiger partial charge is 0.119 e. The minimum atomic E-state index is 0.358. The van der Waals surface area contributed by atoms with Crippen LogP contribution >= 0.6 is 0 Å². The Morgan fingerprint density at radius 1 is 1.00 bits per heavy atom. The van der Waals surface area contributed by atoms with Crippen molar-refractivity contribution in [3.8, 4) is 5.75 Å². The van der Waals surface area contributed by atoms with Crippen molar-refractivity contribution in [2.45, 2.75) is 32.2 Å². The molecule has 0 unspecified atom stereocenters. The molecule has 0 spiro atoms. The second kappa shape index (κ2) is 8.48. The number of unbranched alkanes of at least 4 members (excludes halogenated alkanes) is 1. The average molecular weight is 283 g/mol. The van der Waals surface area contributed by atoms with E-state index < -0.39 is 0 Å². The van der Waals surface area contributed by atoms with Gasteiger partial charge in [0.15, 0.2) is 0 Å². The summed E-state index contributed by atoms with van der Waals surface area (Å²) in [6.45, 7) is 3.25. The van der Waals surface area contributed by atoms with Crippen molar-refractivity contribution in [1.29, 1.82) is 0 Å². The quantitative estimate of drug-likeness (QED) is 0.726. The highest BCUT2D eigenvalue weighted by Gasteiger charge is 2.05. The molecule has 0 bridgehead atoms. The molecule has 1 atom stereocenters. The first-order chi connectivity index (χ1) is 10.3. The molecule has 2 nitrogen and oxygen atoms in total. The van der Waals surface area contributed by atoms with Gasteiger partial charge in [-0.2, -0.15) is 0 Å². The SMILES string of the molecule is COc1cccc([C@@H](C)NCCCCc2ccccc2)c1. The number of aryl methyl sites for hydroxylation is 1.